The third-order valence-electron chi connectivity index (χ3n) is 2.69. The van der Waals surface area contributed by atoms with Crippen LogP contribution < -0.4 is 5.56 Å². The zero-order valence-electron chi connectivity index (χ0n) is 7.63. The first kappa shape index (κ1) is 8.23. The second kappa shape index (κ2) is 2.55. The summed E-state index contributed by atoms with van der Waals surface area (Å²) < 4.78 is 0. The molecule has 0 aliphatic heterocycles. The number of allylic oxidation sites excluding steroid dienone is 1. The van der Waals surface area contributed by atoms with Crippen molar-refractivity contribution < 1.29 is 0 Å². The number of aromatic amines is 1. The summed E-state index contributed by atoms with van der Waals surface area (Å²) >= 11 is 0. The zero-order chi connectivity index (χ0) is 9.47. The van der Waals surface area contributed by atoms with Crippen molar-refractivity contribution in [3.8, 4) is 0 Å². The Hall–Kier alpha value is -1.38. The van der Waals surface area contributed by atoms with Crippen molar-refractivity contribution in [2.24, 2.45) is 0 Å². The quantitative estimate of drug-likeness (QED) is 0.692. The van der Waals surface area contributed by atoms with Crippen LogP contribution in [-0.2, 0) is 5.41 Å². The lowest BCUT2D eigenvalue weighted by Gasteiger charge is -2.12. The van der Waals surface area contributed by atoms with Crippen LogP contribution in [0.3, 0.4) is 0 Å². The van der Waals surface area contributed by atoms with E-state index in [-0.39, 0.29) is 11.0 Å². The Kier molecular flexibility index (Phi) is 1.62. The van der Waals surface area contributed by atoms with Crippen LogP contribution in [0, 0.1) is 0 Å². The summed E-state index contributed by atoms with van der Waals surface area (Å²) in [6, 6.07) is 1.43. The molecule has 3 nitrogen and oxygen atoms in total. The van der Waals surface area contributed by atoms with Crippen LogP contribution >= 0.6 is 0 Å². The fourth-order valence-electron chi connectivity index (χ4n) is 1.60. The van der Waals surface area contributed by atoms with E-state index in [1.54, 1.807) is 6.20 Å². The molecule has 0 radical (unpaired) electrons. The van der Waals surface area contributed by atoms with Crippen molar-refractivity contribution in [1.29, 1.82) is 0 Å². The van der Waals surface area contributed by atoms with Gasteiger partial charge in [-0.25, -0.2) is 4.98 Å². The van der Waals surface area contributed by atoms with Crippen LogP contribution in [0.2, 0.25) is 0 Å². The van der Waals surface area contributed by atoms with Crippen molar-refractivity contribution >= 4 is 0 Å². The average molecular weight is 176 g/mol. The molecule has 68 valence electrons. The van der Waals surface area contributed by atoms with Gasteiger partial charge >= 0.3 is 0 Å². The van der Waals surface area contributed by atoms with Crippen molar-refractivity contribution in [2.45, 2.75) is 25.2 Å². The molecule has 13 heavy (non-hydrogen) atoms. The number of H-pyrrole nitrogens is 1. The van der Waals surface area contributed by atoms with E-state index in [1.807, 2.05) is 6.92 Å². The van der Waals surface area contributed by atoms with Gasteiger partial charge in [0, 0.05) is 17.7 Å². The molecule has 1 heterocycles. The third-order valence-corrected chi connectivity index (χ3v) is 2.69. The van der Waals surface area contributed by atoms with Gasteiger partial charge in [-0.3, -0.25) is 4.79 Å². The summed E-state index contributed by atoms with van der Waals surface area (Å²) in [6.45, 7) is 5.92. The number of hydrogen-bond donors (Lipinski definition) is 1. The molecule has 0 bridgehead atoms. The predicted octanol–water partition coefficient (Wildman–Crippen LogP) is 1.38. The minimum atomic E-state index is -0.0856. The van der Waals surface area contributed by atoms with Gasteiger partial charge in [0.25, 0.3) is 5.56 Å². The van der Waals surface area contributed by atoms with E-state index in [9.17, 15) is 4.79 Å². The average Bonchev–Trinajstić information content (AvgIpc) is 2.83. The second-order valence-corrected chi connectivity index (χ2v) is 3.65. The fourth-order valence-corrected chi connectivity index (χ4v) is 1.60. The number of nitrogens with zero attached hydrogens (tertiary/aromatic N) is 1. The molecule has 0 spiro atoms. The first-order chi connectivity index (χ1) is 6.15. The number of rotatable bonds is 2. The highest BCUT2D eigenvalue weighted by Crippen LogP contribution is 2.51. The standard InChI is InChI=1S/C10H12N2O/c1-7(2)10(4-5-10)9-11-6-3-8(13)12-9/h3,6H,1,4-5H2,2H3,(H,11,12,13). The Bertz CT molecular complexity index is 401. The van der Waals surface area contributed by atoms with Crippen LogP contribution in [0.15, 0.2) is 29.2 Å². The molecular weight excluding hydrogens is 164 g/mol. The van der Waals surface area contributed by atoms with Crippen LogP contribution in [0.5, 0.6) is 0 Å². The molecule has 0 amide bonds. The molecule has 0 unspecified atom stereocenters. The van der Waals surface area contributed by atoms with Crippen molar-refractivity contribution in [3.63, 3.8) is 0 Å². The highest BCUT2D eigenvalue weighted by Gasteiger charge is 2.47. The zero-order valence-corrected chi connectivity index (χ0v) is 7.63. The topological polar surface area (TPSA) is 45.8 Å². The lowest BCUT2D eigenvalue weighted by molar-refractivity contribution is 0.733. The molecule has 1 aromatic rings. The maximum atomic E-state index is 11.1. The van der Waals surface area contributed by atoms with E-state index >= 15 is 0 Å². The summed E-state index contributed by atoms with van der Waals surface area (Å²) in [5, 5.41) is 0. The second-order valence-electron chi connectivity index (χ2n) is 3.65. The van der Waals surface area contributed by atoms with E-state index in [0.29, 0.717) is 0 Å². The Morgan fingerprint density at radius 1 is 1.69 bits per heavy atom. The molecule has 1 fully saturated rings. The molecule has 1 aliphatic carbocycles. The minimum Gasteiger partial charge on any atom is -0.310 e. The van der Waals surface area contributed by atoms with Crippen LogP contribution in [0.25, 0.3) is 0 Å². The van der Waals surface area contributed by atoms with Crippen LogP contribution in [0.1, 0.15) is 25.6 Å². The molecule has 1 saturated carbocycles. The van der Waals surface area contributed by atoms with Gasteiger partial charge in [0.1, 0.15) is 5.82 Å². The fraction of sp³-hybridized carbons (Fsp3) is 0.400. The van der Waals surface area contributed by atoms with Crippen LogP contribution in [-0.4, -0.2) is 9.97 Å². The maximum Gasteiger partial charge on any atom is 0.250 e. The van der Waals surface area contributed by atoms with Crippen molar-refractivity contribution in [3.05, 3.63) is 40.6 Å². The normalized spacial score (nSPS) is 18.2. The summed E-state index contributed by atoms with van der Waals surface area (Å²) in [7, 11) is 0. The van der Waals surface area contributed by atoms with Crippen molar-refractivity contribution in [1.82, 2.24) is 9.97 Å². The van der Waals surface area contributed by atoms with Gasteiger partial charge in [-0.05, 0) is 19.8 Å². The lowest BCUT2D eigenvalue weighted by atomic mass is 9.98. The summed E-state index contributed by atoms with van der Waals surface area (Å²) in [5.41, 5.74) is 0.972. The molecule has 3 heteroatoms. The summed E-state index contributed by atoms with van der Waals surface area (Å²) in [5.74, 6) is 0.771. The number of aromatic nitrogens is 2. The van der Waals surface area contributed by atoms with E-state index in [0.717, 1.165) is 24.2 Å². The number of hydrogen-bond acceptors (Lipinski definition) is 2. The third kappa shape index (κ3) is 1.20. The van der Waals surface area contributed by atoms with E-state index in [2.05, 4.69) is 16.5 Å². The van der Waals surface area contributed by atoms with Gasteiger partial charge in [0.2, 0.25) is 0 Å². The van der Waals surface area contributed by atoms with Crippen LogP contribution in [0.4, 0.5) is 0 Å². The van der Waals surface area contributed by atoms with E-state index in [1.165, 1.54) is 6.07 Å². The maximum absolute atomic E-state index is 11.1. The van der Waals surface area contributed by atoms with Gasteiger partial charge in [0.15, 0.2) is 0 Å². The molecule has 2 rings (SSSR count). The molecule has 0 atom stereocenters. The van der Waals surface area contributed by atoms with E-state index < -0.39 is 0 Å². The molecular formula is C10H12N2O. The predicted molar refractivity (Wildman–Crippen MR) is 50.6 cm³/mol. The Labute approximate surface area is 76.5 Å². The van der Waals surface area contributed by atoms with Gasteiger partial charge < -0.3 is 4.98 Å². The molecule has 0 aromatic carbocycles. The Morgan fingerprint density at radius 3 is 2.85 bits per heavy atom. The highest BCUT2D eigenvalue weighted by molar-refractivity contribution is 5.32. The molecule has 1 N–H and O–H groups in total. The van der Waals surface area contributed by atoms with Gasteiger partial charge in [-0.15, -0.1) is 0 Å². The Balaban J connectivity index is 2.47. The lowest BCUT2D eigenvalue weighted by Crippen LogP contribution is -2.18. The van der Waals surface area contributed by atoms with Crippen molar-refractivity contribution in [2.75, 3.05) is 0 Å². The first-order valence-electron chi connectivity index (χ1n) is 4.37. The molecule has 1 aromatic heterocycles. The number of nitrogens with one attached hydrogen (secondary N) is 1. The highest BCUT2D eigenvalue weighted by atomic mass is 16.1. The van der Waals surface area contributed by atoms with E-state index in [4.69, 9.17) is 0 Å². The minimum absolute atomic E-state index is 0.0274. The smallest absolute Gasteiger partial charge is 0.250 e. The molecule has 0 saturated heterocycles. The first-order valence-corrected chi connectivity index (χ1v) is 4.37. The summed E-state index contributed by atoms with van der Waals surface area (Å²) in [6.07, 6.45) is 3.65. The molecule has 1 aliphatic rings. The monoisotopic (exact) mass is 176 g/mol. The summed E-state index contributed by atoms with van der Waals surface area (Å²) in [4.78, 5) is 18.0. The van der Waals surface area contributed by atoms with Gasteiger partial charge in [-0.1, -0.05) is 12.2 Å². The van der Waals surface area contributed by atoms with Gasteiger partial charge in [-0.2, -0.15) is 0 Å². The SMILES string of the molecule is C=C(C)C1(c2nccc(=O)[nH]2)CC1. The van der Waals surface area contributed by atoms with Gasteiger partial charge in [0.05, 0.1) is 0 Å². The Morgan fingerprint density at radius 2 is 2.38 bits per heavy atom. The largest absolute Gasteiger partial charge is 0.310 e.